The minimum Gasteiger partial charge on any atom is -0.481 e. The Kier molecular flexibility index (Phi) is 7.32. The highest BCUT2D eigenvalue weighted by molar-refractivity contribution is 7.92. The van der Waals surface area contributed by atoms with Gasteiger partial charge >= 0.3 is 0 Å². The molecule has 0 aliphatic heterocycles. The third kappa shape index (κ3) is 6.20. The van der Waals surface area contributed by atoms with Crippen molar-refractivity contribution in [3.05, 3.63) is 24.3 Å². The van der Waals surface area contributed by atoms with Crippen molar-refractivity contribution in [2.24, 2.45) is 0 Å². The predicted molar refractivity (Wildman–Crippen MR) is 104 cm³/mol. The molecule has 0 bridgehead atoms. The number of sulfonamides is 1. The summed E-state index contributed by atoms with van der Waals surface area (Å²) in [5.74, 6) is 0.434. The molecule has 6 nitrogen and oxygen atoms in total. The van der Waals surface area contributed by atoms with Crippen molar-refractivity contribution in [3.63, 3.8) is 0 Å². The van der Waals surface area contributed by atoms with Crippen molar-refractivity contribution in [3.8, 4) is 5.75 Å². The van der Waals surface area contributed by atoms with Crippen molar-refractivity contribution < 1.29 is 17.9 Å². The lowest BCUT2D eigenvalue weighted by Crippen LogP contribution is -2.42. The number of rotatable bonds is 6. The van der Waals surface area contributed by atoms with E-state index in [1.165, 1.54) is 30.6 Å². The normalized spacial score (nSPS) is 17.7. The summed E-state index contributed by atoms with van der Waals surface area (Å²) >= 11 is 0. The zero-order valence-corrected chi connectivity index (χ0v) is 16.7. The first-order valence-electron chi connectivity index (χ1n) is 9.28. The van der Waals surface area contributed by atoms with E-state index in [9.17, 15) is 13.2 Å². The molecule has 1 saturated carbocycles. The average molecular weight is 383 g/mol. The summed E-state index contributed by atoms with van der Waals surface area (Å²) in [5.41, 5.74) is 0.548. The van der Waals surface area contributed by atoms with E-state index >= 15 is 0 Å². The van der Waals surface area contributed by atoms with Gasteiger partial charge in [-0.3, -0.25) is 9.10 Å². The second kappa shape index (κ2) is 9.26. The summed E-state index contributed by atoms with van der Waals surface area (Å²) in [7, 11) is -1.80. The zero-order chi connectivity index (χ0) is 19.2. The summed E-state index contributed by atoms with van der Waals surface area (Å²) in [4.78, 5) is 12.4. The maximum Gasteiger partial charge on any atom is 0.260 e. The van der Waals surface area contributed by atoms with E-state index in [4.69, 9.17) is 4.74 Å². The highest BCUT2D eigenvalue weighted by atomic mass is 32.2. The molecule has 146 valence electrons. The Balaban J connectivity index is 1.89. The van der Waals surface area contributed by atoms with Gasteiger partial charge in [0.1, 0.15) is 5.75 Å². The Labute approximate surface area is 157 Å². The fourth-order valence-electron chi connectivity index (χ4n) is 3.10. The summed E-state index contributed by atoms with van der Waals surface area (Å²) < 4.78 is 30.0. The summed E-state index contributed by atoms with van der Waals surface area (Å²) in [6.07, 6.45) is 8.73. The van der Waals surface area contributed by atoms with Crippen LogP contribution in [0.3, 0.4) is 0 Å². The quantitative estimate of drug-likeness (QED) is 0.820. The topological polar surface area (TPSA) is 75.7 Å². The van der Waals surface area contributed by atoms with Gasteiger partial charge in [0.25, 0.3) is 5.91 Å². The van der Waals surface area contributed by atoms with Crippen LogP contribution < -0.4 is 14.4 Å². The number of nitrogens with one attached hydrogen (secondary N) is 1. The SMILES string of the molecule is CC(Oc1ccc(N(C)S(C)(=O)=O)cc1)C(=O)NC1CCCCCCC1. The van der Waals surface area contributed by atoms with Gasteiger partial charge < -0.3 is 10.1 Å². The van der Waals surface area contributed by atoms with Gasteiger partial charge in [0, 0.05) is 13.1 Å². The van der Waals surface area contributed by atoms with Crippen LogP contribution in [0.1, 0.15) is 51.9 Å². The predicted octanol–water partition coefficient (Wildman–Crippen LogP) is 3.08. The molecule has 1 atom stereocenters. The molecule has 1 aliphatic rings. The van der Waals surface area contributed by atoms with E-state index < -0.39 is 16.1 Å². The molecule has 1 N–H and O–H groups in total. The number of nitrogens with zero attached hydrogens (tertiary/aromatic N) is 1. The van der Waals surface area contributed by atoms with Gasteiger partial charge in [-0.1, -0.05) is 32.1 Å². The molecule has 1 aliphatic carbocycles. The first-order valence-corrected chi connectivity index (χ1v) is 11.1. The molecule has 1 amide bonds. The number of carbonyl (C=O) groups excluding carboxylic acids is 1. The van der Waals surface area contributed by atoms with Crippen LogP contribution in [-0.4, -0.2) is 39.8 Å². The van der Waals surface area contributed by atoms with Gasteiger partial charge in [0.15, 0.2) is 6.10 Å². The maximum atomic E-state index is 12.4. The first-order chi connectivity index (χ1) is 12.3. The van der Waals surface area contributed by atoms with Crippen molar-refractivity contribution in [1.82, 2.24) is 5.32 Å². The van der Waals surface area contributed by atoms with Crippen molar-refractivity contribution in [1.29, 1.82) is 0 Å². The Hall–Kier alpha value is -1.76. The lowest BCUT2D eigenvalue weighted by Gasteiger charge is -2.23. The third-order valence-corrected chi connectivity index (χ3v) is 6.04. The fraction of sp³-hybridized carbons (Fsp3) is 0.632. The van der Waals surface area contributed by atoms with E-state index in [0.29, 0.717) is 11.4 Å². The zero-order valence-electron chi connectivity index (χ0n) is 15.9. The molecule has 0 saturated heterocycles. The number of ether oxygens (including phenoxy) is 1. The Bertz CT molecular complexity index is 680. The monoisotopic (exact) mass is 382 g/mol. The highest BCUT2D eigenvalue weighted by Gasteiger charge is 2.20. The molecule has 0 aromatic heterocycles. The van der Waals surface area contributed by atoms with E-state index in [2.05, 4.69) is 5.32 Å². The van der Waals surface area contributed by atoms with E-state index in [-0.39, 0.29) is 11.9 Å². The van der Waals surface area contributed by atoms with Crippen LogP contribution >= 0.6 is 0 Å². The minimum atomic E-state index is -3.30. The van der Waals surface area contributed by atoms with Crippen LogP contribution in [-0.2, 0) is 14.8 Å². The van der Waals surface area contributed by atoms with Crippen LogP contribution in [0.5, 0.6) is 5.75 Å². The number of amides is 1. The second-order valence-electron chi connectivity index (χ2n) is 7.04. The highest BCUT2D eigenvalue weighted by Crippen LogP contribution is 2.21. The number of carbonyl (C=O) groups is 1. The fourth-order valence-corrected chi connectivity index (χ4v) is 3.61. The van der Waals surface area contributed by atoms with Crippen LogP contribution in [0.4, 0.5) is 5.69 Å². The smallest absolute Gasteiger partial charge is 0.260 e. The summed E-state index contributed by atoms with van der Waals surface area (Å²) in [6, 6.07) is 6.92. The lowest BCUT2D eigenvalue weighted by atomic mass is 9.96. The molecule has 0 spiro atoms. The van der Waals surface area contributed by atoms with E-state index in [1.54, 1.807) is 31.2 Å². The third-order valence-electron chi connectivity index (χ3n) is 4.83. The van der Waals surface area contributed by atoms with Gasteiger partial charge in [0.2, 0.25) is 10.0 Å². The summed E-state index contributed by atoms with van der Waals surface area (Å²) in [6.45, 7) is 1.73. The molecular weight excluding hydrogens is 352 g/mol. The van der Waals surface area contributed by atoms with Gasteiger partial charge in [-0.05, 0) is 44.0 Å². The minimum absolute atomic E-state index is 0.104. The standard InChI is InChI=1S/C19H30N2O4S/c1-15(19(22)20-16-9-7-5-4-6-8-10-16)25-18-13-11-17(12-14-18)21(2)26(3,23)24/h11-16H,4-10H2,1-3H3,(H,20,22). The van der Waals surface area contributed by atoms with Crippen molar-refractivity contribution >= 4 is 21.6 Å². The number of hydrogen-bond donors (Lipinski definition) is 1. The Morgan fingerprint density at radius 2 is 1.65 bits per heavy atom. The van der Waals surface area contributed by atoms with E-state index in [1.807, 2.05) is 0 Å². The molecular formula is C19H30N2O4S. The van der Waals surface area contributed by atoms with E-state index in [0.717, 1.165) is 31.9 Å². The van der Waals surface area contributed by atoms with Crippen LogP contribution in [0, 0.1) is 0 Å². The molecule has 1 aromatic rings. The number of benzene rings is 1. The number of hydrogen-bond acceptors (Lipinski definition) is 4. The number of anilines is 1. The van der Waals surface area contributed by atoms with Gasteiger partial charge in [-0.15, -0.1) is 0 Å². The van der Waals surface area contributed by atoms with Crippen LogP contribution in [0.2, 0.25) is 0 Å². The molecule has 1 unspecified atom stereocenters. The Morgan fingerprint density at radius 3 is 2.19 bits per heavy atom. The molecule has 7 heteroatoms. The average Bonchev–Trinajstić information content (AvgIpc) is 2.56. The molecule has 1 aromatic carbocycles. The lowest BCUT2D eigenvalue weighted by molar-refractivity contribution is -0.128. The van der Waals surface area contributed by atoms with Crippen LogP contribution in [0.25, 0.3) is 0 Å². The Morgan fingerprint density at radius 1 is 1.12 bits per heavy atom. The molecule has 2 rings (SSSR count). The molecule has 26 heavy (non-hydrogen) atoms. The second-order valence-corrected chi connectivity index (χ2v) is 9.05. The molecule has 1 fully saturated rings. The van der Waals surface area contributed by atoms with Crippen molar-refractivity contribution in [2.75, 3.05) is 17.6 Å². The maximum absolute atomic E-state index is 12.4. The largest absolute Gasteiger partial charge is 0.481 e. The van der Waals surface area contributed by atoms with Gasteiger partial charge in [-0.2, -0.15) is 0 Å². The first kappa shape index (κ1) is 20.6. The molecule has 0 heterocycles. The van der Waals surface area contributed by atoms with Gasteiger partial charge in [0.05, 0.1) is 11.9 Å². The van der Waals surface area contributed by atoms with Crippen LogP contribution in [0.15, 0.2) is 24.3 Å². The molecule has 0 radical (unpaired) electrons. The summed E-state index contributed by atoms with van der Waals surface area (Å²) in [5, 5.41) is 3.10. The van der Waals surface area contributed by atoms with Gasteiger partial charge in [-0.25, -0.2) is 8.42 Å². The van der Waals surface area contributed by atoms with Crippen molar-refractivity contribution in [2.45, 2.75) is 64.0 Å².